The van der Waals surface area contributed by atoms with Gasteiger partial charge in [0, 0.05) is 22.3 Å². The summed E-state index contributed by atoms with van der Waals surface area (Å²) in [5.41, 5.74) is 1.10. The zero-order chi connectivity index (χ0) is 17.0. The number of amides is 1. The highest BCUT2D eigenvalue weighted by atomic mass is 79.9. The lowest BCUT2D eigenvalue weighted by Gasteiger charge is -2.10. The van der Waals surface area contributed by atoms with E-state index in [1.54, 1.807) is 19.1 Å². The van der Waals surface area contributed by atoms with Crippen molar-refractivity contribution in [3.63, 3.8) is 0 Å². The molecule has 0 atom stereocenters. The van der Waals surface area contributed by atoms with Crippen molar-refractivity contribution in [3.05, 3.63) is 61.0 Å². The topological polar surface area (TPSA) is 81.5 Å². The van der Waals surface area contributed by atoms with E-state index in [4.69, 9.17) is 4.74 Å². The zero-order valence-electron chi connectivity index (χ0n) is 12.0. The third-order valence-electron chi connectivity index (χ3n) is 2.95. The third-order valence-corrected chi connectivity index (χ3v) is 4.06. The number of carbonyl (C=O) groups excluding carboxylic acids is 1. The number of benzene rings is 2. The molecular formula is C15H12Br2N2O4. The molecule has 0 aromatic heterocycles. The molecule has 2 aromatic rings. The molecule has 6 nitrogen and oxygen atoms in total. The van der Waals surface area contributed by atoms with Crippen LogP contribution in [0.5, 0.6) is 5.75 Å². The quantitative estimate of drug-likeness (QED) is 0.546. The Hall–Kier alpha value is -1.93. The zero-order valence-corrected chi connectivity index (χ0v) is 15.2. The minimum Gasteiger partial charge on any atom is -0.483 e. The van der Waals surface area contributed by atoms with Crippen molar-refractivity contribution in [1.29, 1.82) is 0 Å². The Morgan fingerprint density at radius 3 is 2.61 bits per heavy atom. The first kappa shape index (κ1) is 17.4. The fourth-order valence-electron chi connectivity index (χ4n) is 1.82. The number of nitro groups is 1. The monoisotopic (exact) mass is 442 g/mol. The maximum atomic E-state index is 11.9. The summed E-state index contributed by atoms with van der Waals surface area (Å²) in [6.45, 7) is 1.52. The SMILES string of the molecule is Cc1cc([N+](=O)[O-])ccc1NC(=O)COc1ccc(Br)cc1Br. The molecule has 0 aliphatic carbocycles. The normalized spacial score (nSPS) is 10.2. The maximum Gasteiger partial charge on any atom is 0.269 e. The van der Waals surface area contributed by atoms with Gasteiger partial charge in [-0.15, -0.1) is 0 Å². The summed E-state index contributed by atoms with van der Waals surface area (Å²) in [5, 5.41) is 13.4. The van der Waals surface area contributed by atoms with Gasteiger partial charge in [0.2, 0.25) is 0 Å². The van der Waals surface area contributed by atoms with Crippen LogP contribution in [0.4, 0.5) is 11.4 Å². The molecule has 0 bridgehead atoms. The molecule has 8 heteroatoms. The van der Waals surface area contributed by atoms with Crippen molar-refractivity contribution < 1.29 is 14.5 Å². The van der Waals surface area contributed by atoms with Crippen molar-refractivity contribution in [2.45, 2.75) is 6.92 Å². The van der Waals surface area contributed by atoms with Crippen LogP contribution in [-0.2, 0) is 4.79 Å². The lowest BCUT2D eigenvalue weighted by molar-refractivity contribution is -0.384. The predicted octanol–water partition coefficient (Wildman–Crippen LogP) is 4.45. The van der Waals surface area contributed by atoms with Crippen LogP contribution in [0, 0.1) is 17.0 Å². The largest absolute Gasteiger partial charge is 0.483 e. The summed E-state index contributed by atoms with van der Waals surface area (Å²) in [6, 6.07) is 9.60. The van der Waals surface area contributed by atoms with E-state index in [0.29, 0.717) is 17.0 Å². The Bertz CT molecular complexity index is 765. The molecule has 0 spiro atoms. The average Bonchev–Trinajstić information content (AvgIpc) is 2.48. The minimum absolute atomic E-state index is 0.0180. The first-order chi connectivity index (χ1) is 10.9. The Kier molecular flexibility index (Phi) is 5.73. The summed E-state index contributed by atoms with van der Waals surface area (Å²) in [7, 11) is 0. The first-order valence-electron chi connectivity index (χ1n) is 6.49. The lowest BCUT2D eigenvalue weighted by atomic mass is 10.2. The molecule has 2 rings (SSSR count). The van der Waals surface area contributed by atoms with Crippen molar-refractivity contribution in [2.75, 3.05) is 11.9 Å². The van der Waals surface area contributed by atoms with Gasteiger partial charge in [-0.3, -0.25) is 14.9 Å². The van der Waals surface area contributed by atoms with Crippen LogP contribution in [0.1, 0.15) is 5.56 Å². The Morgan fingerprint density at radius 2 is 2.00 bits per heavy atom. The highest BCUT2D eigenvalue weighted by molar-refractivity contribution is 9.11. The number of rotatable bonds is 5. The molecule has 0 fully saturated rings. The highest BCUT2D eigenvalue weighted by Gasteiger charge is 2.11. The van der Waals surface area contributed by atoms with Gasteiger partial charge in [0.1, 0.15) is 5.75 Å². The van der Waals surface area contributed by atoms with Crippen LogP contribution in [0.25, 0.3) is 0 Å². The molecule has 2 aromatic carbocycles. The van der Waals surface area contributed by atoms with Crippen molar-refractivity contribution in [2.24, 2.45) is 0 Å². The number of anilines is 1. The Labute approximate surface area is 149 Å². The number of hydrogen-bond acceptors (Lipinski definition) is 4. The molecule has 0 radical (unpaired) electrons. The van der Waals surface area contributed by atoms with Crippen LogP contribution >= 0.6 is 31.9 Å². The molecular weight excluding hydrogens is 432 g/mol. The van der Waals surface area contributed by atoms with Gasteiger partial charge in [0.25, 0.3) is 11.6 Å². The molecule has 0 saturated carbocycles. The second-order valence-electron chi connectivity index (χ2n) is 4.67. The smallest absolute Gasteiger partial charge is 0.269 e. The molecule has 0 heterocycles. The molecule has 0 aliphatic heterocycles. The fourth-order valence-corrected chi connectivity index (χ4v) is 2.99. The molecule has 120 valence electrons. The summed E-state index contributed by atoms with van der Waals surface area (Å²) in [5.74, 6) is 0.195. The number of nitrogens with one attached hydrogen (secondary N) is 1. The third kappa shape index (κ3) is 4.77. The fraction of sp³-hybridized carbons (Fsp3) is 0.133. The average molecular weight is 444 g/mol. The number of carbonyl (C=O) groups is 1. The number of halogens is 2. The molecule has 0 saturated heterocycles. The maximum absolute atomic E-state index is 11.9. The van der Waals surface area contributed by atoms with Crippen molar-refractivity contribution in [1.82, 2.24) is 0 Å². The van der Waals surface area contributed by atoms with Gasteiger partial charge in [-0.1, -0.05) is 15.9 Å². The van der Waals surface area contributed by atoms with Crippen LogP contribution in [0.2, 0.25) is 0 Å². The number of non-ortho nitro benzene ring substituents is 1. The van der Waals surface area contributed by atoms with E-state index in [1.807, 2.05) is 6.07 Å². The number of nitrogens with zero attached hydrogens (tertiary/aromatic N) is 1. The number of ether oxygens (including phenoxy) is 1. The molecule has 1 amide bonds. The summed E-state index contributed by atoms with van der Waals surface area (Å²) < 4.78 is 7.06. The lowest BCUT2D eigenvalue weighted by Crippen LogP contribution is -2.20. The van der Waals surface area contributed by atoms with E-state index in [1.165, 1.54) is 18.2 Å². The second-order valence-corrected chi connectivity index (χ2v) is 6.44. The number of nitro benzene ring substituents is 1. The minimum atomic E-state index is -0.479. The van der Waals surface area contributed by atoms with E-state index in [9.17, 15) is 14.9 Å². The predicted molar refractivity (Wildman–Crippen MR) is 93.8 cm³/mol. The van der Waals surface area contributed by atoms with Gasteiger partial charge in [-0.2, -0.15) is 0 Å². The summed E-state index contributed by atoms with van der Waals surface area (Å²) >= 11 is 6.68. The molecule has 0 aliphatic rings. The van der Waals surface area contributed by atoms with Gasteiger partial charge in [0.05, 0.1) is 9.40 Å². The summed E-state index contributed by atoms with van der Waals surface area (Å²) in [6.07, 6.45) is 0. The number of aryl methyl sites for hydroxylation is 1. The van der Waals surface area contributed by atoms with E-state index in [0.717, 1.165) is 8.95 Å². The Morgan fingerprint density at radius 1 is 1.26 bits per heavy atom. The summed E-state index contributed by atoms with van der Waals surface area (Å²) in [4.78, 5) is 22.2. The highest BCUT2D eigenvalue weighted by Crippen LogP contribution is 2.28. The van der Waals surface area contributed by atoms with E-state index in [2.05, 4.69) is 37.2 Å². The van der Waals surface area contributed by atoms with Gasteiger partial charge in [-0.25, -0.2) is 0 Å². The van der Waals surface area contributed by atoms with Crippen LogP contribution in [0.15, 0.2) is 45.3 Å². The second kappa shape index (κ2) is 7.56. The molecule has 1 N–H and O–H groups in total. The molecule has 23 heavy (non-hydrogen) atoms. The van der Waals surface area contributed by atoms with E-state index < -0.39 is 4.92 Å². The number of hydrogen-bond donors (Lipinski definition) is 1. The van der Waals surface area contributed by atoms with Gasteiger partial charge < -0.3 is 10.1 Å². The molecule has 0 unspecified atom stereocenters. The van der Waals surface area contributed by atoms with Gasteiger partial charge in [-0.05, 0) is 52.7 Å². The van der Waals surface area contributed by atoms with Gasteiger partial charge >= 0.3 is 0 Å². The van der Waals surface area contributed by atoms with Crippen LogP contribution in [-0.4, -0.2) is 17.4 Å². The van der Waals surface area contributed by atoms with Crippen LogP contribution in [0.3, 0.4) is 0 Å². The van der Waals surface area contributed by atoms with Crippen LogP contribution < -0.4 is 10.1 Å². The Balaban J connectivity index is 1.98. The van der Waals surface area contributed by atoms with E-state index in [-0.39, 0.29) is 18.2 Å². The first-order valence-corrected chi connectivity index (χ1v) is 8.08. The van der Waals surface area contributed by atoms with Crippen molar-refractivity contribution in [3.8, 4) is 5.75 Å². The van der Waals surface area contributed by atoms with Gasteiger partial charge in [0.15, 0.2) is 6.61 Å². The standard InChI is InChI=1S/C15H12Br2N2O4/c1-9-6-11(19(21)22)3-4-13(9)18-15(20)8-23-14-5-2-10(16)7-12(14)17/h2-7H,8H2,1H3,(H,18,20). The van der Waals surface area contributed by atoms with E-state index >= 15 is 0 Å². The van der Waals surface area contributed by atoms with Crippen molar-refractivity contribution >= 4 is 49.1 Å².